The van der Waals surface area contributed by atoms with Gasteiger partial charge in [-0.2, -0.15) is 8.42 Å². The summed E-state index contributed by atoms with van der Waals surface area (Å²) >= 11 is 0. The SMILES string of the molecule is O=S(=O)(Oc1cccc2c1-c1ccccc1CO2)c1ccccn1. The molecule has 1 aliphatic rings. The van der Waals surface area contributed by atoms with Gasteiger partial charge in [0.25, 0.3) is 0 Å². The number of fused-ring (bicyclic) bond motifs is 3. The molecule has 0 amide bonds. The van der Waals surface area contributed by atoms with E-state index in [4.69, 9.17) is 8.92 Å². The van der Waals surface area contributed by atoms with E-state index in [1.165, 1.54) is 12.3 Å². The van der Waals surface area contributed by atoms with Crippen LogP contribution in [0.3, 0.4) is 0 Å². The highest BCUT2D eigenvalue weighted by molar-refractivity contribution is 7.87. The molecular formula is C18H13NO4S. The van der Waals surface area contributed by atoms with Crippen LogP contribution in [0.25, 0.3) is 11.1 Å². The molecule has 1 aliphatic heterocycles. The Labute approximate surface area is 139 Å². The van der Waals surface area contributed by atoms with Crippen LogP contribution in [-0.2, 0) is 16.7 Å². The minimum absolute atomic E-state index is 0.132. The molecule has 2 aromatic carbocycles. The van der Waals surface area contributed by atoms with Gasteiger partial charge >= 0.3 is 10.1 Å². The summed E-state index contributed by atoms with van der Waals surface area (Å²) in [5, 5.41) is -0.132. The molecule has 0 atom stereocenters. The minimum atomic E-state index is -4.02. The van der Waals surface area contributed by atoms with Gasteiger partial charge in [-0.1, -0.05) is 36.4 Å². The summed E-state index contributed by atoms with van der Waals surface area (Å²) in [7, 11) is -4.02. The van der Waals surface area contributed by atoms with E-state index in [0.717, 1.165) is 11.1 Å². The van der Waals surface area contributed by atoms with Crippen LogP contribution < -0.4 is 8.92 Å². The number of ether oxygens (including phenoxy) is 1. The number of pyridine rings is 1. The van der Waals surface area contributed by atoms with Gasteiger partial charge in [-0.05, 0) is 35.4 Å². The van der Waals surface area contributed by atoms with Crippen LogP contribution in [0.1, 0.15) is 5.56 Å². The molecule has 3 aromatic rings. The van der Waals surface area contributed by atoms with E-state index in [2.05, 4.69) is 4.98 Å². The molecular weight excluding hydrogens is 326 g/mol. The van der Waals surface area contributed by atoms with Gasteiger partial charge in [0.1, 0.15) is 12.4 Å². The lowest BCUT2D eigenvalue weighted by atomic mass is 9.96. The Bertz CT molecular complexity index is 1000. The van der Waals surface area contributed by atoms with Gasteiger partial charge in [0, 0.05) is 6.20 Å². The maximum absolute atomic E-state index is 12.5. The molecule has 0 saturated heterocycles. The van der Waals surface area contributed by atoms with E-state index in [0.29, 0.717) is 17.9 Å². The first-order valence-electron chi connectivity index (χ1n) is 7.35. The Morgan fingerprint density at radius 3 is 2.62 bits per heavy atom. The van der Waals surface area contributed by atoms with E-state index >= 15 is 0 Å². The summed E-state index contributed by atoms with van der Waals surface area (Å²) in [5.41, 5.74) is 2.53. The van der Waals surface area contributed by atoms with Crippen molar-refractivity contribution in [2.24, 2.45) is 0 Å². The zero-order valence-electron chi connectivity index (χ0n) is 12.5. The third kappa shape index (κ3) is 2.51. The van der Waals surface area contributed by atoms with Crippen molar-refractivity contribution in [2.45, 2.75) is 11.6 Å². The van der Waals surface area contributed by atoms with Crippen LogP contribution in [0.2, 0.25) is 0 Å². The molecule has 6 heteroatoms. The van der Waals surface area contributed by atoms with Crippen LogP contribution in [0.4, 0.5) is 0 Å². The monoisotopic (exact) mass is 339 g/mol. The van der Waals surface area contributed by atoms with Crippen LogP contribution in [0.15, 0.2) is 71.9 Å². The molecule has 24 heavy (non-hydrogen) atoms. The Balaban J connectivity index is 1.82. The Kier molecular flexibility index (Phi) is 3.46. The quantitative estimate of drug-likeness (QED) is 0.684. The number of aromatic nitrogens is 1. The third-order valence-corrected chi connectivity index (χ3v) is 4.90. The van der Waals surface area contributed by atoms with Gasteiger partial charge in [0.2, 0.25) is 0 Å². The van der Waals surface area contributed by atoms with Crippen molar-refractivity contribution in [1.29, 1.82) is 0 Å². The fourth-order valence-electron chi connectivity index (χ4n) is 2.67. The Morgan fingerprint density at radius 2 is 1.79 bits per heavy atom. The largest absolute Gasteiger partial charge is 0.488 e. The van der Waals surface area contributed by atoms with E-state index in [-0.39, 0.29) is 10.8 Å². The fraction of sp³-hybridized carbons (Fsp3) is 0.0556. The maximum Gasteiger partial charge on any atom is 0.356 e. The highest BCUT2D eigenvalue weighted by atomic mass is 32.2. The van der Waals surface area contributed by atoms with Crippen LogP contribution in [0, 0.1) is 0 Å². The molecule has 1 aromatic heterocycles. The smallest absolute Gasteiger partial charge is 0.356 e. The summed E-state index contributed by atoms with van der Waals surface area (Å²) in [6.07, 6.45) is 1.41. The topological polar surface area (TPSA) is 65.5 Å². The van der Waals surface area contributed by atoms with Crippen molar-refractivity contribution in [3.05, 3.63) is 72.4 Å². The number of hydrogen-bond donors (Lipinski definition) is 0. The van der Waals surface area contributed by atoms with Gasteiger partial charge in [0.15, 0.2) is 10.8 Å². The average Bonchev–Trinajstić information content (AvgIpc) is 2.62. The van der Waals surface area contributed by atoms with Crippen molar-refractivity contribution in [3.8, 4) is 22.6 Å². The van der Waals surface area contributed by atoms with Gasteiger partial charge < -0.3 is 8.92 Å². The van der Waals surface area contributed by atoms with Crippen molar-refractivity contribution in [3.63, 3.8) is 0 Å². The molecule has 0 unspecified atom stereocenters. The molecule has 0 fully saturated rings. The first-order valence-corrected chi connectivity index (χ1v) is 8.75. The van der Waals surface area contributed by atoms with Crippen LogP contribution in [-0.4, -0.2) is 13.4 Å². The second-order valence-electron chi connectivity index (χ2n) is 5.28. The van der Waals surface area contributed by atoms with Crippen molar-refractivity contribution in [1.82, 2.24) is 4.98 Å². The predicted molar refractivity (Wildman–Crippen MR) is 88.3 cm³/mol. The third-order valence-electron chi connectivity index (χ3n) is 3.75. The Morgan fingerprint density at radius 1 is 0.958 bits per heavy atom. The molecule has 0 spiro atoms. The van der Waals surface area contributed by atoms with Gasteiger partial charge in [-0.3, -0.25) is 0 Å². The first-order chi connectivity index (χ1) is 11.6. The van der Waals surface area contributed by atoms with Crippen molar-refractivity contribution >= 4 is 10.1 Å². The lowest BCUT2D eigenvalue weighted by Gasteiger charge is -2.22. The van der Waals surface area contributed by atoms with Gasteiger partial charge in [-0.25, -0.2) is 4.98 Å². The minimum Gasteiger partial charge on any atom is -0.488 e. The lowest BCUT2D eigenvalue weighted by molar-refractivity contribution is 0.301. The molecule has 0 saturated carbocycles. The number of hydrogen-bond acceptors (Lipinski definition) is 5. The molecule has 0 bridgehead atoms. The summed E-state index contributed by atoms with van der Waals surface area (Å²) in [4.78, 5) is 3.86. The highest BCUT2D eigenvalue weighted by Gasteiger charge is 2.25. The van der Waals surface area contributed by atoms with E-state index in [9.17, 15) is 8.42 Å². The Hall–Kier alpha value is -2.86. The number of rotatable bonds is 3. The lowest BCUT2D eigenvalue weighted by Crippen LogP contribution is -2.13. The maximum atomic E-state index is 12.5. The molecule has 5 nitrogen and oxygen atoms in total. The molecule has 120 valence electrons. The predicted octanol–water partition coefficient (Wildman–Crippen LogP) is 3.41. The fourth-order valence-corrected chi connectivity index (χ4v) is 3.56. The van der Waals surface area contributed by atoms with Crippen LogP contribution in [0.5, 0.6) is 11.5 Å². The second-order valence-corrected chi connectivity index (χ2v) is 6.77. The zero-order valence-corrected chi connectivity index (χ0v) is 13.4. The molecule has 4 rings (SSSR count). The summed E-state index contributed by atoms with van der Waals surface area (Å²) in [6, 6.07) is 17.5. The van der Waals surface area contributed by atoms with Crippen molar-refractivity contribution < 1.29 is 17.3 Å². The highest BCUT2D eigenvalue weighted by Crippen LogP contribution is 2.44. The van der Waals surface area contributed by atoms with E-state index < -0.39 is 10.1 Å². The summed E-state index contributed by atoms with van der Waals surface area (Å²) < 4.78 is 36.0. The normalized spacial score (nSPS) is 12.7. The summed E-state index contributed by atoms with van der Waals surface area (Å²) in [6.45, 7) is 0.444. The number of benzene rings is 2. The van der Waals surface area contributed by atoms with Crippen LogP contribution >= 0.6 is 0 Å². The van der Waals surface area contributed by atoms with E-state index in [1.807, 2.05) is 24.3 Å². The second kappa shape index (κ2) is 5.65. The molecule has 0 N–H and O–H groups in total. The molecule has 2 heterocycles. The number of nitrogens with zero attached hydrogens (tertiary/aromatic N) is 1. The zero-order chi connectivity index (χ0) is 16.6. The standard InChI is InChI=1S/C18H13NO4S/c20-24(21,17-10-3-4-11-19-17)23-16-9-5-8-15-18(16)14-7-2-1-6-13(14)12-22-15/h1-11H,12H2. The van der Waals surface area contributed by atoms with E-state index in [1.54, 1.807) is 30.3 Å². The van der Waals surface area contributed by atoms with Gasteiger partial charge in [0.05, 0.1) is 5.56 Å². The van der Waals surface area contributed by atoms with Gasteiger partial charge in [-0.15, -0.1) is 0 Å². The average molecular weight is 339 g/mol. The van der Waals surface area contributed by atoms with Crippen molar-refractivity contribution in [2.75, 3.05) is 0 Å². The molecule has 0 radical (unpaired) electrons. The molecule has 0 aliphatic carbocycles. The first kappa shape index (κ1) is 14.7. The summed E-state index contributed by atoms with van der Waals surface area (Å²) in [5.74, 6) is 0.827.